The van der Waals surface area contributed by atoms with Gasteiger partial charge < -0.3 is 15.5 Å². The van der Waals surface area contributed by atoms with Crippen molar-refractivity contribution in [3.8, 4) is 0 Å². The maximum absolute atomic E-state index is 12.0. The zero-order valence-corrected chi connectivity index (χ0v) is 13.0. The number of nitrogens with one attached hydrogen (secondary N) is 2. The zero-order valence-electron chi connectivity index (χ0n) is 12.2. The van der Waals surface area contributed by atoms with Crippen molar-refractivity contribution in [1.82, 2.24) is 4.72 Å². The Labute approximate surface area is 132 Å². The summed E-state index contributed by atoms with van der Waals surface area (Å²) in [5, 5.41) is 31.4. The van der Waals surface area contributed by atoms with Crippen LogP contribution in [0.5, 0.6) is 0 Å². The fourth-order valence-corrected chi connectivity index (χ4v) is 2.66. The van der Waals surface area contributed by atoms with Crippen LogP contribution < -0.4 is 10.0 Å². The summed E-state index contributed by atoms with van der Waals surface area (Å²) < 4.78 is 26.0. The second-order valence-electron chi connectivity index (χ2n) is 4.71. The molecule has 1 aromatic carbocycles. The lowest BCUT2D eigenvalue weighted by molar-refractivity contribution is -0.384. The van der Waals surface area contributed by atoms with E-state index in [1.54, 1.807) is 0 Å². The highest BCUT2D eigenvalue weighted by Crippen LogP contribution is 2.27. The maximum atomic E-state index is 12.0. The summed E-state index contributed by atoms with van der Waals surface area (Å²) in [6.45, 7) is 1.22. The van der Waals surface area contributed by atoms with Gasteiger partial charge in [-0.05, 0) is 19.1 Å². The van der Waals surface area contributed by atoms with E-state index in [0.717, 1.165) is 12.1 Å². The fraction of sp³-hybridized carbons (Fsp3) is 0.417. The molecule has 4 N–H and O–H groups in total. The van der Waals surface area contributed by atoms with Gasteiger partial charge in [0.05, 0.1) is 22.3 Å². The Morgan fingerprint density at radius 1 is 1.43 bits per heavy atom. The van der Waals surface area contributed by atoms with Gasteiger partial charge in [0, 0.05) is 19.2 Å². The Hall–Kier alpha value is -2.24. The number of aliphatic hydroxyl groups is 1. The molecule has 1 unspecified atom stereocenters. The number of aliphatic carboxylic acids is 1. The summed E-state index contributed by atoms with van der Waals surface area (Å²) in [7, 11) is -4.05. The molecule has 1 atom stereocenters. The van der Waals surface area contributed by atoms with Gasteiger partial charge in [-0.3, -0.25) is 14.9 Å². The normalized spacial score (nSPS) is 12.6. The van der Waals surface area contributed by atoms with E-state index < -0.39 is 39.1 Å². The number of nitro benzene ring substituents is 1. The third-order valence-corrected chi connectivity index (χ3v) is 4.15. The van der Waals surface area contributed by atoms with Crippen molar-refractivity contribution >= 4 is 27.4 Å². The van der Waals surface area contributed by atoms with E-state index in [9.17, 15) is 28.4 Å². The lowest BCUT2D eigenvalue weighted by atomic mass is 10.2. The molecule has 0 aliphatic rings. The van der Waals surface area contributed by atoms with Crippen molar-refractivity contribution < 1.29 is 28.3 Å². The lowest BCUT2D eigenvalue weighted by Gasteiger charge is -2.11. The number of carboxylic acid groups (broad SMARTS) is 1. The molecule has 0 spiro atoms. The Bertz CT molecular complexity index is 688. The number of benzene rings is 1. The van der Waals surface area contributed by atoms with Gasteiger partial charge in [0.25, 0.3) is 5.69 Å². The number of sulfonamides is 1. The van der Waals surface area contributed by atoms with Crippen molar-refractivity contribution in [1.29, 1.82) is 0 Å². The highest BCUT2D eigenvalue weighted by atomic mass is 32.2. The van der Waals surface area contributed by atoms with E-state index in [4.69, 9.17) is 5.11 Å². The van der Waals surface area contributed by atoms with Crippen LogP contribution in [0, 0.1) is 10.1 Å². The molecule has 0 aromatic heterocycles. The van der Waals surface area contributed by atoms with E-state index in [-0.39, 0.29) is 23.7 Å². The van der Waals surface area contributed by atoms with Crippen LogP contribution in [0.1, 0.15) is 13.3 Å². The second kappa shape index (κ2) is 7.85. The molecule has 0 aliphatic carbocycles. The Balaban J connectivity index is 3.02. The number of nitro groups is 1. The standard InChI is InChI=1S/C12H17N3O7S/c1-8(16)7-13-10-3-2-9(6-11(10)15(19)20)23(21,22)14-5-4-12(17)18/h2-3,6,8,13-14,16H,4-5,7H2,1H3,(H,17,18). The van der Waals surface area contributed by atoms with E-state index >= 15 is 0 Å². The SMILES string of the molecule is CC(O)CNc1ccc(S(=O)(=O)NCCC(=O)O)cc1[N+](=O)[O-]. The lowest BCUT2D eigenvalue weighted by Crippen LogP contribution is -2.26. The van der Waals surface area contributed by atoms with Crippen LogP contribution in [-0.4, -0.2) is 48.7 Å². The summed E-state index contributed by atoms with van der Waals surface area (Å²) in [5.74, 6) is -1.17. The van der Waals surface area contributed by atoms with E-state index in [1.807, 2.05) is 0 Å². The topological polar surface area (TPSA) is 159 Å². The van der Waals surface area contributed by atoms with Gasteiger partial charge in [-0.2, -0.15) is 0 Å². The molecule has 0 saturated heterocycles. The van der Waals surface area contributed by atoms with Crippen LogP contribution in [0.2, 0.25) is 0 Å². The average Bonchev–Trinajstić information content (AvgIpc) is 2.44. The molecule has 0 aliphatic heterocycles. The van der Waals surface area contributed by atoms with Crippen molar-refractivity contribution in [3.63, 3.8) is 0 Å². The molecule has 0 amide bonds. The molecule has 0 saturated carbocycles. The first-order valence-electron chi connectivity index (χ1n) is 6.55. The van der Waals surface area contributed by atoms with Crippen LogP contribution in [0.25, 0.3) is 0 Å². The maximum Gasteiger partial charge on any atom is 0.304 e. The van der Waals surface area contributed by atoms with Gasteiger partial charge in [0.2, 0.25) is 10.0 Å². The zero-order chi connectivity index (χ0) is 17.6. The molecule has 1 aromatic rings. The van der Waals surface area contributed by atoms with Gasteiger partial charge in [0.1, 0.15) is 5.69 Å². The number of carboxylic acids is 1. The van der Waals surface area contributed by atoms with Crippen LogP contribution in [0.3, 0.4) is 0 Å². The van der Waals surface area contributed by atoms with E-state index in [2.05, 4.69) is 10.0 Å². The summed E-state index contributed by atoms with van der Waals surface area (Å²) in [6, 6.07) is 3.24. The molecule has 0 bridgehead atoms. The molecule has 0 fully saturated rings. The molecular weight excluding hydrogens is 330 g/mol. The number of hydrogen-bond donors (Lipinski definition) is 4. The predicted octanol–water partition coefficient (Wildman–Crippen LogP) is 0.141. The molecule has 23 heavy (non-hydrogen) atoms. The van der Waals surface area contributed by atoms with Gasteiger partial charge in [-0.1, -0.05) is 0 Å². The summed E-state index contributed by atoms with van der Waals surface area (Å²) >= 11 is 0. The van der Waals surface area contributed by atoms with Crippen LogP contribution >= 0.6 is 0 Å². The second-order valence-corrected chi connectivity index (χ2v) is 6.47. The van der Waals surface area contributed by atoms with E-state index in [1.165, 1.54) is 13.0 Å². The quantitative estimate of drug-likeness (QED) is 0.362. The largest absolute Gasteiger partial charge is 0.481 e. The Morgan fingerprint density at radius 2 is 2.09 bits per heavy atom. The van der Waals surface area contributed by atoms with Gasteiger partial charge in [-0.15, -0.1) is 0 Å². The summed E-state index contributed by atoms with van der Waals surface area (Å²) in [6.07, 6.45) is -1.15. The van der Waals surface area contributed by atoms with Gasteiger partial charge >= 0.3 is 5.97 Å². The highest BCUT2D eigenvalue weighted by molar-refractivity contribution is 7.89. The van der Waals surface area contributed by atoms with Crippen molar-refractivity contribution in [3.05, 3.63) is 28.3 Å². The van der Waals surface area contributed by atoms with Crippen molar-refractivity contribution in [2.45, 2.75) is 24.3 Å². The number of anilines is 1. The predicted molar refractivity (Wildman–Crippen MR) is 80.7 cm³/mol. The first kappa shape index (κ1) is 18.8. The monoisotopic (exact) mass is 347 g/mol. The fourth-order valence-electron chi connectivity index (χ4n) is 1.61. The van der Waals surface area contributed by atoms with Gasteiger partial charge in [0.15, 0.2) is 0 Å². The first-order chi connectivity index (χ1) is 10.6. The van der Waals surface area contributed by atoms with Crippen LogP contribution in [0.4, 0.5) is 11.4 Å². The number of aliphatic hydroxyl groups excluding tert-OH is 1. The molecule has 0 heterocycles. The Morgan fingerprint density at radius 3 is 2.61 bits per heavy atom. The number of hydrogen-bond acceptors (Lipinski definition) is 7. The minimum absolute atomic E-state index is 0.0593. The molecule has 128 valence electrons. The number of carbonyl (C=O) groups is 1. The van der Waals surface area contributed by atoms with Gasteiger partial charge in [-0.25, -0.2) is 13.1 Å². The van der Waals surface area contributed by atoms with Crippen molar-refractivity contribution in [2.24, 2.45) is 0 Å². The molecular formula is C12H17N3O7S. The molecule has 0 radical (unpaired) electrons. The molecule has 11 heteroatoms. The number of nitrogens with zero attached hydrogens (tertiary/aromatic N) is 1. The minimum atomic E-state index is -4.05. The third-order valence-electron chi connectivity index (χ3n) is 2.70. The first-order valence-corrected chi connectivity index (χ1v) is 8.03. The molecule has 1 rings (SSSR count). The smallest absolute Gasteiger partial charge is 0.304 e. The van der Waals surface area contributed by atoms with Crippen molar-refractivity contribution in [2.75, 3.05) is 18.4 Å². The summed E-state index contributed by atoms with van der Waals surface area (Å²) in [4.78, 5) is 20.3. The summed E-state index contributed by atoms with van der Waals surface area (Å²) in [5.41, 5.74) is -0.396. The third kappa shape index (κ3) is 5.81. The average molecular weight is 347 g/mol. The Kier molecular flexibility index (Phi) is 6.42. The number of rotatable bonds is 9. The van der Waals surface area contributed by atoms with Crippen LogP contribution in [0.15, 0.2) is 23.1 Å². The minimum Gasteiger partial charge on any atom is -0.481 e. The van der Waals surface area contributed by atoms with Crippen LogP contribution in [-0.2, 0) is 14.8 Å². The molecule has 10 nitrogen and oxygen atoms in total. The van der Waals surface area contributed by atoms with E-state index in [0.29, 0.717) is 0 Å². The highest BCUT2D eigenvalue weighted by Gasteiger charge is 2.21.